The van der Waals surface area contributed by atoms with E-state index in [1.807, 2.05) is 11.3 Å². The third kappa shape index (κ3) is 1.91. The van der Waals surface area contributed by atoms with Gasteiger partial charge in [-0.05, 0) is 61.3 Å². The highest BCUT2D eigenvalue weighted by Crippen LogP contribution is 2.57. The Bertz CT molecular complexity index is 1430. The SMILES string of the molecule is C1=CC2(c3ccccc3-c3ccccc3-c3ccccc32)c2c1ccc1ccsc21. The number of thiophene rings is 1. The van der Waals surface area contributed by atoms with Crippen LogP contribution in [0.1, 0.15) is 22.3 Å². The Labute approximate surface area is 179 Å². The maximum absolute atomic E-state index is 2.44. The van der Waals surface area contributed by atoms with Gasteiger partial charge in [-0.3, -0.25) is 0 Å². The van der Waals surface area contributed by atoms with Gasteiger partial charge in [-0.2, -0.15) is 0 Å². The van der Waals surface area contributed by atoms with Gasteiger partial charge in [0.2, 0.25) is 0 Å². The van der Waals surface area contributed by atoms with E-state index < -0.39 is 0 Å². The summed E-state index contributed by atoms with van der Waals surface area (Å²) in [5.74, 6) is 0. The predicted molar refractivity (Wildman–Crippen MR) is 128 cm³/mol. The summed E-state index contributed by atoms with van der Waals surface area (Å²) in [7, 11) is 0. The molecule has 2 aliphatic carbocycles. The molecule has 0 N–H and O–H groups in total. The minimum Gasteiger partial charge on any atom is -0.143 e. The highest BCUT2D eigenvalue weighted by Gasteiger charge is 2.44. The summed E-state index contributed by atoms with van der Waals surface area (Å²) < 4.78 is 1.40. The van der Waals surface area contributed by atoms with E-state index in [-0.39, 0.29) is 5.41 Å². The molecule has 0 nitrogen and oxygen atoms in total. The van der Waals surface area contributed by atoms with Crippen LogP contribution in [0, 0.1) is 0 Å². The summed E-state index contributed by atoms with van der Waals surface area (Å²) in [6, 6.07) is 33.6. The Morgan fingerprint density at radius 3 is 1.83 bits per heavy atom. The lowest BCUT2D eigenvalue weighted by atomic mass is 9.69. The Kier molecular flexibility index (Phi) is 3.17. The molecule has 0 radical (unpaired) electrons. The molecule has 0 bridgehead atoms. The van der Waals surface area contributed by atoms with Crippen molar-refractivity contribution in [2.75, 3.05) is 0 Å². The number of fused-ring (bicyclic) bond motifs is 11. The van der Waals surface area contributed by atoms with Crippen molar-refractivity contribution in [1.82, 2.24) is 0 Å². The van der Waals surface area contributed by atoms with Crippen molar-refractivity contribution in [1.29, 1.82) is 0 Å². The van der Waals surface area contributed by atoms with Gasteiger partial charge in [0.15, 0.2) is 0 Å². The second kappa shape index (κ2) is 5.81. The first-order valence-corrected chi connectivity index (χ1v) is 11.2. The zero-order valence-electron chi connectivity index (χ0n) is 16.3. The predicted octanol–water partition coefficient (Wildman–Crippen LogP) is 7.91. The number of benzene rings is 4. The first-order valence-electron chi connectivity index (χ1n) is 10.4. The average Bonchev–Trinajstić information content (AvgIpc) is 3.42. The zero-order valence-corrected chi connectivity index (χ0v) is 17.1. The molecule has 0 saturated heterocycles. The van der Waals surface area contributed by atoms with E-state index >= 15 is 0 Å². The minimum absolute atomic E-state index is 0.286. The number of hydrogen-bond donors (Lipinski definition) is 0. The molecule has 0 atom stereocenters. The summed E-state index contributed by atoms with van der Waals surface area (Å²) in [5, 5.41) is 3.55. The topological polar surface area (TPSA) is 0 Å². The molecule has 2 aliphatic rings. The molecule has 30 heavy (non-hydrogen) atoms. The van der Waals surface area contributed by atoms with Gasteiger partial charge < -0.3 is 0 Å². The van der Waals surface area contributed by atoms with Crippen LogP contribution in [-0.4, -0.2) is 0 Å². The zero-order chi connectivity index (χ0) is 19.7. The molecule has 4 aromatic carbocycles. The van der Waals surface area contributed by atoms with Crippen LogP contribution in [0.3, 0.4) is 0 Å². The summed E-state index contributed by atoms with van der Waals surface area (Å²) in [5.41, 5.74) is 10.5. The van der Waals surface area contributed by atoms with E-state index in [4.69, 9.17) is 0 Å². The molecule has 140 valence electrons. The van der Waals surface area contributed by atoms with Crippen molar-refractivity contribution >= 4 is 27.5 Å². The van der Waals surface area contributed by atoms with Crippen molar-refractivity contribution in [3.63, 3.8) is 0 Å². The summed E-state index contributed by atoms with van der Waals surface area (Å²) in [6.45, 7) is 0. The fraction of sp³-hybridized carbons (Fsp3) is 0.0345. The van der Waals surface area contributed by atoms with E-state index in [1.165, 1.54) is 54.6 Å². The number of allylic oxidation sites excluding steroid dienone is 1. The lowest BCUT2D eigenvalue weighted by molar-refractivity contribution is 0.811. The molecule has 0 amide bonds. The molecule has 0 saturated carbocycles. The lowest BCUT2D eigenvalue weighted by Crippen LogP contribution is -2.26. The Morgan fingerprint density at radius 1 is 0.567 bits per heavy atom. The molecule has 5 aromatic rings. The van der Waals surface area contributed by atoms with Gasteiger partial charge in [-0.25, -0.2) is 0 Å². The van der Waals surface area contributed by atoms with Crippen molar-refractivity contribution in [3.05, 3.63) is 125 Å². The highest BCUT2D eigenvalue weighted by molar-refractivity contribution is 7.17. The first kappa shape index (κ1) is 16.4. The Balaban J connectivity index is 1.74. The van der Waals surface area contributed by atoms with Crippen LogP contribution in [0.5, 0.6) is 0 Å². The van der Waals surface area contributed by atoms with Gasteiger partial charge in [0.25, 0.3) is 0 Å². The largest absolute Gasteiger partial charge is 0.143 e. The van der Waals surface area contributed by atoms with Crippen LogP contribution in [0.25, 0.3) is 38.4 Å². The number of hydrogen-bond acceptors (Lipinski definition) is 1. The van der Waals surface area contributed by atoms with Gasteiger partial charge in [-0.1, -0.05) is 97.1 Å². The standard InChI is InChI=1S/C29H18S/c1-2-8-22-21(7-1)23-9-3-5-11-25(23)29(26-12-6-4-10-24(22)26)17-15-19-13-14-20-16-18-30-28(20)27(19)29/h1-18H. The molecule has 1 heterocycles. The summed E-state index contributed by atoms with van der Waals surface area (Å²) >= 11 is 1.86. The van der Waals surface area contributed by atoms with Crippen LogP contribution in [0.2, 0.25) is 0 Å². The van der Waals surface area contributed by atoms with Crippen LogP contribution in [0.15, 0.2) is 102 Å². The monoisotopic (exact) mass is 398 g/mol. The van der Waals surface area contributed by atoms with Gasteiger partial charge in [0.1, 0.15) is 0 Å². The second-order valence-electron chi connectivity index (χ2n) is 8.15. The van der Waals surface area contributed by atoms with E-state index in [0.717, 1.165) is 0 Å². The Morgan fingerprint density at radius 2 is 1.17 bits per heavy atom. The molecule has 7 rings (SSSR count). The molecule has 1 aromatic heterocycles. The molecule has 1 spiro atoms. The summed E-state index contributed by atoms with van der Waals surface area (Å²) in [4.78, 5) is 0. The lowest BCUT2D eigenvalue weighted by Gasteiger charge is -2.33. The molecular formula is C29H18S. The molecular weight excluding hydrogens is 380 g/mol. The Hall–Kier alpha value is -3.42. The van der Waals surface area contributed by atoms with Gasteiger partial charge >= 0.3 is 0 Å². The van der Waals surface area contributed by atoms with Gasteiger partial charge in [-0.15, -0.1) is 11.3 Å². The third-order valence-corrected chi connectivity index (χ3v) is 7.72. The van der Waals surface area contributed by atoms with Crippen LogP contribution in [-0.2, 0) is 5.41 Å². The second-order valence-corrected chi connectivity index (χ2v) is 9.06. The third-order valence-electron chi connectivity index (χ3n) is 6.77. The van der Waals surface area contributed by atoms with Crippen molar-refractivity contribution in [2.45, 2.75) is 5.41 Å². The van der Waals surface area contributed by atoms with Crippen LogP contribution < -0.4 is 0 Å². The number of rotatable bonds is 0. The maximum Gasteiger partial charge on any atom is 0.0667 e. The smallest absolute Gasteiger partial charge is 0.0667 e. The van der Waals surface area contributed by atoms with E-state index in [2.05, 4.69) is 109 Å². The first-order chi connectivity index (χ1) is 14.9. The van der Waals surface area contributed by atoms with Gasteiger partial charge in [0.05, 0.1) is 5.41 Å². The molecule has 0 fully saturated rings. The van der Waals surface area contributed by atoms with E-state index in [1.54, 1.807) is 0 Å². The quantitative estimate of drug-likeness (QED) is 0.249. The minimum atomic E-state index is -0.286. The molecule has 1 heteroatoms. The van der Waals surface area contributed by atoms with E-state index in [0.29, 0.717) is 0 Å². The summed E-state index contributed by atoms with van der Waals surface area (Å²) in [6.07, 6.45) is 4.78. The molecule has 0 unspecified atom stereocenters. The van der Waals surface area contributed by atoms with Crippen molar-refractivity contribution in [3.8, 4) is 22.3 Å². The van der Waals surface area contributed by atoms with Crippen molar-refractivity contribution < 1.29 is 0 Å². The van der Waals surface area contributed by atoms with E-state index in [9.17, 15) is 0 Å². The fourth-order valence-electron chi connectivity index (χ4n) is 5.56. The van der Waals surface area contributed by atoms with Crippen molar-refractivity contribution in [2.24, 2.45) is 0 Å². The normalized spacial score (nSPS) is 14.8. The maximum atomic E-state index is 2.44. The average molecular weight is 399 g/mol. The fourth-order valence-corrected chi connectivity index (χ4v) is 6.58. The van der Waals surface area contributed by atoms with Crippen LogP contribution >= 0.6 is 11.3 Å². The van der Waals surface area contributed by atoms with Crippen LogP contribution in [0.4, 0.5) is 0 Å². The highest BCUT2D eigenvalue weighted by atomic mass is 32.1. The molecule has 0 aliphatic heterocycles. The van der Waals surface area contributed by atoms with Gasteiger partial charge in [0, 0.05) is 4.70 Å².